The van der Waals surface area contributed by atoms with E-state index >= 15 is 0 Å². The fourth-order valence-electron chi connectivity index (χ4n) is 2.54. The molecule has 0 radical (unpaired) electrons. The summed E-state index contributed by atoms with van der Waals surface area (Å²) in [5.41, 5.74) is 2.86. The van der Waals surface area contributed by atoms with Crippen molar-refractivity contribution in [1.82, 2.24) is 9.78 Å². The van der Waals surface area contributed by atoms with Gasteiger partial charge in [0.05, 0.1) is 18.0 Å². The van der Waals surface area contributed by atoms with Crippen LogP contribution < -0.4 is 0 Å². The molecule has 1 aromatic heterocycles. The van der Waals surface area contributed by atoms with Crippen LogP contribution in [0.4, 0.5) is 0 Å². The van der Waals surface area contributed by atoms with Gasteiger partial charge < -0.3 is 4.74 Å². The van der Waals surface area contributed by atoms with Gasteiger partial charge >= 0.3 is 5.97 Å². The zero-order valence-electron chi connectivity index (χ0n) is 14.6. The summed E-state index contributed by atoms with van der Waals surface area (Å²) in [4.78, 5) is 12.0. The maximum Gasteiger partial charge on any atom is 0.348 e. The third kappa shape index (κ3) is 4.25. The number of hydrogen-bond acceptors (Lipinski definition) is 4. The second kappa shape index (κ2) is 8.35. The van der Waals surface area contributed by atoms with Crippen LogP contribution in [-0.4, -0.2) is 22.4 Å². The monoisotopic (exact) mass is 377 g/mol. The third-order valence-corrected chi connectivity index (χ3v) is 4.05. The van der Waals surface area contributed by atoms with Crippen molar-refractivity contribution in [2.24, 2.45) is 0 Å². The van der Waals surface area contributed by atoms with Crippen LogP contribution in [0.25, 0.3) is 23.0 Å². The Morgan fingerprint density at radius 1 is 1.22 bits per heavy atom. The number of carbonyl (C=O) groups is 1. The first kappa shape index (κ1) is 18.4. The van der Waals surface area contributed by atoms with Crippen molar-refractivity contribution in [1.29, 1.82) is 5.26 Å². The quantitative estimate of drug-likeness (QED) is 0.368. The predicted octanol–water partition coefficient (Wildman–Crippen LogP) is 4.66. The lowest BCUT2D eigenvalue weighted by atomic mass is 10.1. The zero-order valence-corrected chi connectivity index (χ0v) is 15.3. The standard InChI is InChI=1S/C21H16ClN3O2/c1-2-27-21(26)16(13-23)12-17-14-25(19-6-4-3-5-7-19)24-20(17)15-8-10-18(22)11-9-15/h3-12,14H,2H2,1H3/b16-12+. The van der Waals surface area contributed by atoms with Crippen molar-refractivity contribution >= 4 is 23.6 Å². The molecule has 0 spiro atoms. The normalized spacial score (nSPS) is 11.1. The van der Waals surface area contributed by atoms with E-state index in [1.807, 2.05) is 48.5 Å². The largest absolute Gasteiger partial charge is 0.462 e. The lowest BCUT2D eigenvalue weighted by molar-refractivity contribution is -0.137. The highest BCUT2D eigenvalue weighted by Gasteiger charge is 2.15. The summed E-state index contributed by atoms with van der Waals surface area (Å²) in [5.74, 6) is -0.658. The molecule has 0 unspecified atom stereocenters. The second-order valence-corrected chi connectivity index (χ2v) is 6.05. The Morgan fingerprint density at radius 2 is 1.93 bits per heavy atom. The molecule has 0 bridgehead atoms. The minimum Gasteiger partial charge on any atom is -0.462 e. The summed E-state index contributed by atoms with van der Waals surface area (Å²) >= 11 is 5.98. The number of esters is 1. The van der Waals surface area contributed by atoms with Gasteiger partial charge in [-0.15, -0.1) is 0 Å². The van der Waals surface area contributed by atoms with Gasteiger partial charge in [-0.05, 0) is 37.3 Å². The summed E-state index contributed by atoms with van der Waals surface area (Å²) in [5, 5.41) is 14.6. The zero-order chi connectivity index (χ0) is 19.2. The molecule has 0 N–H and O–H groups in total. The highest BCUT2D eigenvalue weighted by Crippen LogP contribution is 2.27. The molecular formula is C21H16ClN3O2. The molecule has 27 heavy (non-hydrogen) atoms. The molecule has 0 saturated carbocycles. The van der Waals surface area contributed by atoms with Crippen LogP contribution in [-0.2, 0) is 9.53 Å². The molecule has 0 aliphatic rings. The fourth-order valence-corrected chi connectivity index (χ4v) is 2.67. The highest BCUT2D eigenvalue weighted by atomic mass is 35.5. The summed E-state index contributed by atoms with van der Waals surface area (Å²) in [6.07, 6.45) is 3.27. The number of nitriles is 1. The first-order chi connectivity index (χ1) is 13.1. The number of hydrogen-bond donors (Lipinski definition) is 0. The van der Waals surface area contributed by atoms with Crippen molar-refractivity contribution in [2.45, 2.75) is 6.92 Å². The Bertz CT molecular complexity index is 1020. The summed E-state index contributed by atoms with van der Waals surface area (Å²) in [6, 6.07) is 18.7. The Morgan fingerprint density at radius 3 is 2.56 bits per heavy atom. The SMILES string of the molecule is CCOC(=O)/C(C#N)=C/c1cn(-c2ccccc2)nc1-c1ccc(Cl)cc1. The Balaban J connectivity index is 2.13. The number of halogens is 1. The molecule has 0 saturated heterocycles. The molecule has 0 amide bonds. The van der Waals surface area contributed by atoms with Gasteiger partial charge in [0.2, 0.25) is 0 Å². The second-order valence-electron chi connectivity index (χ2n) is 5.61. The number of nitrogens with zero attached hydrogens (tertiary/aromatic N) is 3. The van der Waals surface area contributed by atoms with Gasteiger partial charge in [-0.1, -0.05) is 41.9 Å². The molecule has 0 aliphatic heterocycles. The van der Waals surface area contributed by atoms with E-state index in [-0.39, 0.29) is 12.2 Å². The van der Waals surface area contributed by atoms with E-state index in [1.165, 1.54) is 6.08 Å². The summed E-state index contributed by atoms with van der Waals surface area (Å²) in [6.45, 7) is 1.89. The maximum absolute atomic E-state index is 12.0. The van der Waals surface area contributed by atoms with E-state index in [4.69, 9.17) is 16.3 Å². The number of carbonyl (C=O) groups excluding carboxylic acids is 1. The molecule has 1 heterocycles. The van der Waals surface area contributed by atoms with Crippen LogP contribution in [0, 0.1) is 11.3 Å². The van der Waals surface area contributed by atoms with Gasteiger partial charge in [-0.2, -0.15) is 10.4 Å². The van der Waals surface area contributed by atoms with Gasteiger partial charge in [0.15, 0.2) is 0 Å². The molecule has 6 heteroatoms. The Kier molecular flexibility index (Phi) is 5.70. The molecule has 0 fully saturated rings. The van der Waals surface area contributed by atoms with Crippen molar-refractivity contribution in [3.05, 3.63) is 77.0 Å². The molecule has 3 rings (SSSR count). The Labute approximate surface area is 162 Å². The lowest BCUT2D eigenvalue weighted by Gasteiger charge is -2.01. The first-order valence-corrected chi connectivity index (χ1v) is 8.70. The number of para-hydroxylation sites is 1. The summed E-state index contributed by atoms with van der Waals surface area (Å²) < 4.78 is 6.65. The van der Waals surface area contributed by atoms with Crippen LogP contribution in [0.15, 0.2) is 66.4 Å². The van der Waals surface area contributed by atoms with Crippen LogP contribution in [0.5, 0.6) is 0 Å². The molecule has 0 aliphatic carbocycles. The van der Waals surface area contributed by atoms with E-state index in [2.05, 4.69) is 5.10 Å². The maximum atomic E-state index is 12.0. The van der Waals surface area contributed by atoms with Gasteiger partial charge in [-0.3, -0.25) is 0 Å². The van der Waals surface area contributed by atoms with Crippen molar-refractivity contribution < 1.29 is 9.53 Å². The summed E-state index contributed by atoms with van der Waals surface area (Å²) in [7, 11) is 0. The number of aromatic nitrogens is 2. The van der Waals surface area contributed by atoms with Gasteiger partial charge in [0, 0.05) is 22.3 Å². The molecule has 3 aromatic rings. The lowest BCUT2D eigenvalue weighted by Crippen LogP contribution is -2.06. The Hall–Kier alpha value is -3.36. The predicted molar refractivity (Wildman–Crippen MR) is 104 cm³/mol. The third-order valence-electron chi connectivity index (χ3n) is 3.80. The minimum absolute atomic E-state index is 0.0836. The number of benzene rings is 2. The fraction of sp³-hybridized carbons (Fsp3) is 0.0952. The van der Waals surface area contributed by atoms with Crippen LogP contribution in [0.2, 0.25) is 5.02 Å². The average Bonchev–Trinajstić information content (AvgIpc) is 3.11. The van der Waals surface area contributed by atoms with Crippen molar-refractivity contribution in [3.8, 4) is 23.0 Å². The van der Waals surface area contributed by atoms with Crippen LogP contribution in [0.3, 0.4) is 0 Å². The van der Waals surface area contributed by atoms with E-state index in [0.29, 0.717) is 16.3 Å². The average molecular weight is 378 g/mol. The molecule has 134 valence electrons. The smallest absolute Gasteiger partial charge is 0.348 e. The van der Waals surface area contributed by atoms with E-state index in [9.17, 15) is 10.1 Å². The number of ether oxygens (including phenoxy) is 1. The van der Waals surface area contributed by atoms with Crippen molar-refractivity contribution in [2.75, 3.05) is 6.61 Å². The van der Waals surface area contributed by atoms with Gasteiger partial charge in [0.1, 0.15) is 11.6 Å². The van der Waals surface area contributed by atoms with E-state index < -0.39 is 5.97 Å². The highest BCUT2D eigenvalue weighted by molar-refractivity contribution is 6.30. The van der Waals surface area contributed by atoms with Crippen LogP contribution >= 0.6 is 11.6 Å². The molecule has 0 atom stereocenters. The van der Waals surface area contributed by atoms with E-state index in [1.54, 1.807) is 29.9 Å². The molecular weight excluding hydrogens is 362 g/mol. The topological polar surface area (TPSA) is 67.9 Å². The van der Waals surface area contributed by atoms with Crippen molar-refractivity contribution in [3.63, 3.8) is 0 Å². The molecule has 2 aromatic carbocycles. The number of rotatable bonds is 5. The van der Waals surface area contributed by atoms with E-state index in [0.717, 1.165) is 11.3 Å². The minimum atomic E-state index is -0.658. The van der Waals surface area contributed by atoms with Gasteiger partial charge in [-0.25, -0.2) is 9.48 Å². The first-order valence-electron chi connectivity index (χ1n) is 8.32. The van der Waals surface area contributed by atoms with Gasteiger partial charge in [0.25, 0.3) is 0 Å². The molecule has 5 nitrogen and oxygen atoms in total. The van der Waals surface area contributed by atoms with Crippen LogP contribution in [0.1, 0.15) is 12.5 Å².